The van der Waals surface area contributed by atoms with E-state index in [1.165, 1.54) is 45.1 Å². The van der Waals surface area contributed by atoms with E-state index >= 15 is 0 Å². The van der Waals surface area contributed by atoms with Gasteiger partial charge in [0.05, 0.1) is 0 Å². The van der Waals surface area contributed by atoms with Gasteiger partial charge in [-0.05, 0) is 38.1 Å². The fourth-order valence-electron chi connectivity index (χ4n) is 2.47. The smallest absolute Gasteiger partial charge is 0.00957 e. The quantitative estimate of drug-likeness (QED) is 0.585. The van der Waals surface area contributed by atoms with Crippen molar-refractivity contribution in [1.29, 1.82) is 0 Å². The summed E-state index contributed by atoms with van der Waals surface area (Å²) in [6.45, 7) is 1.28. The molecule has 0 aromatic carbocycles. The predicted octanol–water partition coefficient (Wildman–Crippen LogP) is 1.93. The second-order valence-electron chi connectivity index (χ2n) is 3.75. The molecule has 0 radical (unpaired) electrons. The second-order valence-corrected chi connectivity index (χ2v) is 3.75. The van der Waals surface area contributed by atoms with E-state index in [1.54, 1.807) is 0 Å². The Labute approximate surface area is 63.2 Å². The van der Waals surface area contributed by atoms with Gasteiger partial charge in [-0.25, -0.2) is 0 Å². The molecule has 1 heterocycles. The van der Waals surface area contributed by atoms with E-state index in [9.17, 15) is 0 Å². The lowest BCUT2D eigenvalue weighted by Gasteiger charge is -2.17. The molecule has 1 aliphatic carbocycles. The van der Waals surface area contributed by atoms with E-state index in [4.69, 9.17) is 0 Å². The lowest BCUT2D eigenvalue weighted by Crippen LogP contribution is -2.28. The number of rotatable bonds is 1. The molecule has 1 aliphatic heterocycles. The average Bonchev–Trinajstić information content (AvgIpc) is 2.59. The SMILES string of the molecule is C1CCC(C2CCCN2)C1. The van der Waals surface area contributed by atoms with Crippen LogP contribution < -0.4 is 5.32 Å². The molecule has 1 atom stereocenters. The van der Waals surface area contributed by atoms with E-state index in [-0.39, 0.29) is 0 Å². The maximum absolute atomic E-state index is 3.60. The summed E-state index contributed by atoms with van der Waals surface area (Å²) in [4.78, 5) is 0. The van der Waals surface area contributed by atoms with Gasteiger partial charge < -0.3 is 5.32 Å². The van der Waals surface area contributed by atoms with Crippen LogP contribution >= 0.6 is 0 Å². The molecule has 0 amide bonds. The molecule has 1 heteroatoms. The van der Waals surface area contributed by atoms with Crippen LogP contribution in [0.15, 0.2) is 0 Å². The minimum Gasteiger partial charge on any atom is -0.314 e. The van der Waals surface area contributed by atoms with E-state index < -0.39 is 0 Å². The van der Waals surface area contributed by atoms with Gasteiger partial charge in [0.1, 0.15) is 0 Å². The Bertz CT molecular complexity index is 85.3. The third-order valence-corrected chi connectivity index (χ3v) is 3.07. The first-order valence-electron chi connectivity index (χ1n) is 4.70. The van der Waals surface area contributed by atoms with Crippen molar-refractivity contribution in [3.05, 3.63) is 0 Å². The highest BCUT2D eigenvalue weighted by Gasteiger charge is 2.26. The minimum atomic E-state index is 0.905. The molecule has 1 saturated heterocycles. The van der Waals surface area contributed by atoms with Gasteiger partial charge in [0.2, 0.25) is 0 Å². The van der Waals surface area contributed by atoms with Crippen LogP contribution in [0.5, 0.6) is 0 Å². The molecule has 1 nitrogen and oxygen atoms in total. The van der Waals surface area contributed by atoms with Crippen LogP contribution in [0.25, 0.3) is 0 Å². The molecule has 0 aromatic heterocycles. The molecule has 0 bridgehead atoms. The van der Waals surface area contributed by atoms with Crippen molar-refractivity contribution in [3.8, 4) is 0 Å². The van der Waals surface area contributed by atoms with Crippen molar-refractivity contribution < 1.29 is 0 Å². The molecule has 2 fully saturated rings. The van der Waals surface area contributed by atoms with E-state index in [2.05, 4.69) is 5.32 Å². The van der Waals surface area contributed by atoms with Gasteiger partial charge in [0.15, 0.2) is 0 Å². The summed E-state index contributed by atoms with van der Waals surface area (Å²) in [5.41, 5.74) is 0. The highest BCUT2D eigenvalue weighted by atomic mass is 14.9. The number of hydrogen-bond donors (Lipinski definition) is 1. The van der Waals surface area contributed by atoms with E-state index in [0.29, 0.717) is 0 Å². The van der Waals surface area contributed by atoms with E-state index in [0.717, 1.165) is 12.0 Å². The molecule has 1 saturated carbocycles. The van der Waals surface area contributed by atoms with Gasteiger partial charge in [-0.3, -0.25) is 0 Å². The fourth-order valence-corrected chi connectivity index (χ4v) is 2.47. The zero-order chi connectivity index (χ0) is 6.81. The van der Waals surface area contributed by atoms with Gasteiger partial charge >= 0.3 is 0 Å². The van der Waals surface area contributed by atoms with Gasteiger partial charge in [0.25, 0.3) is 0 Å². The zero-order valence-corrected chi connectivity index (χ0v) is 6.60. The molecule has 2 aliphatic rings. The fraction of sp³-hybridized carbons (Fsp3) is 1.00. The molecule has 0 aromatic rings. The molecular weight excluding hydrogens is 122 g/mol. The Morgan fingerprint density at radius 2 is 1.70 bits per heavy atom. The van der Waals surface area contributed by atoms with Gasteiger partial charge in [-0.2, -0.15) is 0 Å². The summed E-state index contributed by atoms with van der Waals surface area (Å²) in [5, 5.41) is 3.60. The summed E-state index contributed by atoms with van der Waals surface area (Å²) in [6, 6.07) is 0.905. The van der Waals surface area contributed by atoms with Crippen molar-refractivity contribution in [2.45, 2.75) is 44.6 Å². The first-order valence-corrected chi connectivity index (χ1v) is 4.70. The van der Waals surface area contributed by atoms with Gasteiger partial charge in [-0.1, -0.05) is 12.8 Å². The highest BCUT2D eigenvalue weighted by molar-refractivity contribution is 4.84. The average molecular weight is 139 g/mol. The highest BCUT2D eigenvalue weighted by Crippen LogP contribution is 2.30. The number of hydrogen-bond acceptors (Lipinski definition) is 1. The first kappa shape index (κ1) is 6.66. The minimum absolute atomic E-state index is 0.905. The molecule has 58 valence electrons. The van der Waals surface area contributed by atoms with Gasteiger partial charge in [0, 0.05) is 6.04 Å². The third-order valence-electron chi connectivity index (χ3n) is 3.07. The molecule has 10 heavy (non-hydrogen) atoms. The van der Waals surface area contributed by atoms with Crippen molar-refractivity contribution >= 4 is 0 Å². The molecule has 0 spiro atoms. The van der Waals surface area contributed by atoms with Crippen molar-refractivity contribution in [1.82, 2.24) is 5.32 Å². The maximum Gasteiger partial charge on any atom is 0.00957 e. The molecule has 1 N–H and O–H groups in total. The Morgan fingerprint density at radius 1 is 0.900 bits per heavy atom. The van der Waals surface area contributed by atoms with Crippen molar-refractivity contribution in [2.75, 3.05) is 6.54 Å². The molecule has 2 rings (SSSR count). The van der Waals surface area contributed by atoms with Crippen LogP contribution in [-0.4, -0.2) is 12.6 Å². The summed E-state index contributed by atoms with van der Waals surface area (Å²) in [5.74, 6) is 1.04. The van der Waals surface area contributed by atoms with Gasteiger partial charge in [-0.15, -0.1) is 0 Å². The lowest BCUT2D eigenvalue weighted by molar-refractivity contribution is 0.399. The molecule has 1 unspecified atom stereocenters. The zero-order valence-electron chi connectivity index (χ0n) is 6.60. The Kier molecular flexibility index (Phi) is 1.94. The predicted molar refractivity (Wildman–Crippen MR) is 43.0 cm³/mol. The summed E-state index contributed by atoms with van der Waals surface area (Å²) < 4.78 is 0. The second kappa shape index (κ2) is 2.91. The Hall–Kier alpha value is -0.0400. The van der Waals surface area contributed by atoms with Crippen LogP contribution in [0, 0.1) is 5.92 Å². The summed E-state index contributed by atoms with van der Waals surface area (Å²) in [6.07, 6.45) is 8.84. The van der Waals surface area contributed by atoms with Crippen LogP contribution in [0.4, 0.5) is 0 Å². The lowest BCUT2D eigenvalue weighted by atomic mass is 9.97. The van der Waals surface area contributed by atoms with Crippen molar-refractivity contribution in [2.24, 2.45) is 5.92 Å². The first-order chi connectivity index (χ1) is 4.97. The monoisotopic (exact) mass is 139 g/mol. The van der Waals surface area contributed by atoms with Crippen LogP contribution in [0.2, 0.25) is 0 Å². The summed E-state index contributed by atoms with van der Waals surface area (Å²) >= 11 is 0. The summed E-state index contributed by atoms with van der Waals surface area (Å²) in [7, 11) is 0. The standard InChI is InChI=1S/C9H17N/c1-2-5-8(4-1)9-6-3-7-10-9/h8-10H,1-7H2. The normalized spacial score (nSPS) is 35.4. The van der Waals surface area contributed by atoms with Crippen LogP contribution in [-0.2, 0) is 0 Å². The number of nitrogens with one attached hydrogen (secondary N) is 1. The Balaban J connectivity index is 1.85. The van der Waals surface area contributed by atoms with Crippen LogP contribution in [0.1, 0.15) is 38.5 Å². The maximum atomic E-state index is 3.60. The molecular formula is C9H17N. The van der Waals surface area contributed by atoms with Crippen LogP contribution in [0.3, 0.4) is 0 Å². The van der Waals surface area contributed by atoms with E-state index in [1.807, 2.05) is 0 Å². The Morgan fingerprint density at radius 3 is 2.30 bits per heavy atom. The third kappa shape index (κ3) is 1.20. The topological polar surface area (TPSA) is 12.0 Å². The largest absolute Gasteiger partial charge is 0.314 e. The van der Waals surface area contributed by atoms with Crippen molar-refractivity contribution in [3.63, 3.8) is 0 Å².